The first-order valence-electron chi connectivity index (χ1n) is 9.04. The standard InChI is InChI=1S/C17H28N4O3/c1-12(2)16-19-15(24-20-16)11-21-7-3-4-13(10-21)17(22)18-14-5-8-23-9-6-14/h12-14H,3-11H2,1-2H3,(H,18,22). The van der Waals surface area contributed by atoms with Gasteiger partial charge in [0, 0.05) is 31.7 Å². The number of nitrogens with one attached hydrogen (secondary N) is 1. The van der Waals surface area contributed by atoms with Crippen molar-refractivity contribution < 1.29 is 14.1 Å². The molecular formula is C17H28N4O3. The van der Waals surface area contributed by atoms with Crippen molar-refractivity contribution in [3.8, 4) is 0 Å². The molecule has 3 rings (SSSR count). The fourth-order valence-electron chi connectivity index (χ4n) is 3.33. The average molecular weight is 336 g/mol. The molecule has 1 aromatic rings. The summed E-state index contributed by atoms with van der Waals surface area (Å²) in [5.41, 5.74) is 0. The van der Waals surface area contributed by atoms with Crippen molar-refractivity contribution in [1.82, 2.24) is 20.4 Å². The molecule has 2 fully saturated rings. The minimum absolute atomic E-state index is 0.0501. The Labute approximate surface area is 143 Å². The van der Waals surface area contributed by atoms with E-state index < -0.39 is 0 Å². The van der Waals surface area contributed by atoms with E-state index in [2.05, 4.69) is 20.4 Å². The third kappa shape index (κ3) is 4.54. The number of likely N-dealkylation sites (tertiary alicyclic amines) is 1. The van der Waals surface area contributed by atoms with Crippen LogP contribution in [0.2, 0.25) is 0 Å². The van der Waals surface area contributed by atoms with E-state index in [1.54, 1.807) is 0 Å². The molecule has 0 aromatic carbocycles. The number of hydrogen-bond acceptors (Lipinski definition) is 6. The second-order valence-corrected chi connectivity index (χ2v) is 7.17. The van der Waals surface area contributed by atoms with Crippen LogP contribution in [0.15, 0.2) is 4.52 Å². The average Bonchev–Trinajstić information content (AvgIpc) is 3.05. The Morgan fingerprint density at radius 3 is 2.83 bits per heavy atom. The molecule has 0 spiro atoms. The highest BCUT2D eigenvalue weighted by atomic mass is 16.5. The zero-order valence-electron chi connectivity index (χ0n) is 14.7. The number of nitrogens with zero attached hydrogens (tertiary/aromatic N) is 3. The fraction of sp³-hybridized carbons (Fsp3) is 0.824. The van der Waals surface area contributed by atoms with E-state index in [9.17, 15) is 4.79 Å². The van der Waals surface area contributed by atoms with Gasteiger partial charge in [0.2, 0.25) is 11.8 Å². The van der Waals surface area contributed by atoms with Gasteiger partial charge < -0.3 is 14.6 Å². The molecule has 2 saturated heterocycles. The molecule has 3 heterocycles. The smallest absolute Gasteiger partial charge is 0.240 e. The predicted octanol–water partition coefficient (Wildman–Crippen LogP) is 1.70. The molecule has 0 saturated carbocycles. The summed E-state index contributed by atoms with van der Waals surface area (Å²) in [5.74, 6) is 1.89. The Bertz CT molecular complexity index is 540. The Morgan fingerprint density at radius 1 is 1.33 bits per heavy atom. The summed E-state index contributed by atoms with van der Waals surface area (Å²) in [6, 6.07) is 0.270. The highest BCUT2D eigenvalue weighted by Gasteiger charge is 2.28. The lowest BCUT2D eigenvalue weighted by Gasteiger charge is -2.32. The lowest BCUT2D eigenvalue weighted by Crippen LogP contribution is -2.47. The van der Waals surface area contributed by atoms with Crippen molar-refractivity contribution in [2.24, 2.45) is 5.92 Å². The maximum atomic E-state index is 12.5. The van der Waals surface area contributed by atoms with Crippen LogP contribution in [0.1, 0.15) is 57.2 Å². The predicted molar refractivity (Wildman–Crippen MR) is 88.4 cm³/mol. The Morgan fingerprint density at radius 2 is 2.12 bits per heavy atom. The quantitative estimate of drug-likeness (QED) is 0.881. The highest BCUT2D eigenvalue weighted by molar-refractivity contribution is 5.79. The van der Waals surface area contributed by atoms with Crippen molar-refractivity contribution in [2.45, 2.75) is 58.0 Å². The van der Waals surface area contributed by atoms with Gasteiger partial charge in [-0.25, -0.2) is 0 Å². The third-order valence-corrected chi connectivity index (χ3v) is 4.80. The number of carbonyl (C=O) groups is 1. The van der Waals surface area contributed by atoms with Crippen LogP contribution in [0.3, 0.4) is 0 Å². The first kappa shape index (κ1) is 17.4. The summed E-state index contributed by atoms with van der Waals surface area (Å²) >= 11 is 0. The third-order valence-electron chi connectivity index (χ3n) is 4.80. The molecule has 0 radical (unpaired) electrons. The van der Waals surface area contributed by atoms with E-state index in [1.807, 2.05) is 13.8 Å². The second-order valence-electron chi connectivity index (χ2n) is 7.17. The molecule has 2 aliphatic heterocycles. The number of aromatic nitrogens is 2. The molecule has 2 aliphatic rings. The molecular weight excluding hydrogens is 308 g/mol. The van der Waals surface area contributed by atoms with Crippen LogP contribution in [0.25, 0.3) is 0 Å². The molecule has 7 nitrogen and oxygen atoms in total. The summed E-state index contributed by atoms with van der Waals surface area (Å²) in [6.45, 7) is 7.95. The van der Waals surface area contributed by atoms with E-state index >= 15 is 0 Å². The molecule has 24 heavy (non-hydrogen) atoms. The molecule has 1 amide bonds. The number of rotatable bonds is 5. The first-order valence-corrected chi connectivity index (χ1v) is 9.04. The fourth-order valence-corrected chi connectivity index (χ4v) is 3.33. The lowest BCUT2D eigenvalue weighted by atomic mass is 9.96. The van der Waals surface area contributed by atoms with Gasteiger partial charge in [0.05, 0.1) is 12.5 Å². The van der Waals surface area contributed by atoms with Crippen molar-refractivity contribution in [1.29, 1.82) is 0 Å². The van der Waals surface area contributed by atoms with E-state index in [1.165, 1.54) is 0 Å². The number of piperidine rings is 1. The van der Waals surface area contributed by atoms with Crippen LogP contribution in [-0.4, -0.2) is 53.3 Å². The summed E-state index contributed by atoms with van der Waals surface area (Å²) in [4.78, 5) is 19.2. The van der Waals surface area contributed by atoms with E-state index in [0.29, 0.717) is 12.4 Å². The monoisotopic (exact) mass is 336 g/mol. The minimum atomic E-state index is 0.0501. The summed E-state index contributed by atoms with van der Waals surface area (Å²) in [7, 11) is 0. The number of hydrogen-bond donors (Lipinski definition) is 1. The van der Waals surface area contributed by atoms with Gasteiger partial charge in [-0.1, -0.05) is 19.0 Å². The van der Waals surface area contributed by atoms with Gasteiger partial charge in [-0.2, -0.15) is 4.98 Å². The normalized spacial score (nSPS) is 23.5. The molecule has 1 N–H and O–H groups in total. The van der Waals surface area contributed by atoms with Crippen molar-refractivity contribution in [3.63, 3.8) is 0 Å². The number of amides is 1. The Hall–Kier alpha value is -1.47. The zero-order valence-corrected chi connectivity index (χ0v) is 14.7. The van der Waals surface area contributed by atoms with Crippen LogP contribution in [0.4, 0.5) is 0 Å². The molecule has 7 heteroatoms. The molecule has 1 unspecified atom stereocenters. The van der Waals surface area contributed by atoms with Crippen LogP contribution < -0.4 is 5.32 Å². The van der Waals surface area contributed by atoms with E-state index in [4.69, 9.17) is 9.26 Å². The first-order chi connectivity index (χ1) is 11.6. The van der Waals surface area contributed by atoms with Gasteiger partial charge in [0.15, 0.2) is 5.82 Å². The van der Waals surface area contributed by atoms with Crippen molar-refractivity contribution >= 4 is 5.91 Å². The van der Waals surface area contributed by atoms with Crippen LogP contribution in [0, 0.1) is 5.92 Å². The highest BCUT2D eigenvalue weighted by Crippen LogP contribution is 2.20. The molecule has 134 valence electrons. The summed E-state index contributed by atoms with van der Waals surface area (Å²) < 4.78 is 10.7. The largest absolute Gasteiger partial charge is 0.381 e. The van der Waals surface area contributed by atoms with E-state index in [-0.39, 0.29) is 23.8 Å². The van der Waals surface area contributed by atoms with Crippen LogP contribution in [0.5, 0.6) is 0 Å². The molecule has 0 bridgehead atoms. The Balaban J connectivity index is 1.50. The minimum Gasteiger partial charge on any atom is -0.381 e. The number of ether oxygens (including phenoxy) is 1. The van der Waals surface area contributed by atoms with Gasteiger partial charge in [-0.3, -0.25) is 9.69 Å². The molecule has 1 atom stereocenters. The second kappa shape index (κ2) is 8.07. The Kier molecular flexibility index (Phi) is 5.84. The maximum Gasteiger partial charge on any atom is 0.240 e. The topological polar surface area (TPSA) is 80.5 Å². The maximum absolute atomic E-state index is 12.5. The van der Waals surface area contributed by atoms with Gasteiger partial charge in [0.25, 0.3) is 0 Å². The van der Waals surface area contributed by atoms with Gasteiger partial charge in [0.1, 0.15) is 0 Å². The lowest BCUT2D eigenvalue weighted by molar-refractivity contribution is -0.128. The zero-order chi connectivity index (χ0) is 16.9. The SMILES string of the molecule is CC(C)c1noc(CN2CCCC(C(=O)NC3CCOCC3)C2)n1. The molecule has 1 aromatic heterocycles. The van der Waals surface area contributed by atoms with Crippen LogP contribution in [-0.2, 0) is 16.1 Å². The number of carbonyl (C=O) groups excluding carboxylic acids is 1. The van der Waals surface area contributed by atoms with Gasteiger partial charge >= 0.3 is 0 Å². The van der Waals surface area contributed by atoms with Gasteiger partial charge in [-0.05, 0) is 32.2 Å². The van der Waals surface area contributed by atoms with Crippen molar-refractivity contribution in [2.75, 3.05) is 26.3 Å². The van der Waals surface area contributed by atoms with Crippen molar-refractivity contribution in [3.05, 3.63) is 11.7 Å². The van der Waals surface area contributed by atoms with E-state index in [0.717, 1.165) is 57.8 Å². The summed E-state index contributed by atoms with van der Waals surface area (Å²) in [6.07, 6.45) is 3.81. The van der Waals surface area contributed by atoms with Gasteiger partial charge in [-0.15, -0.1) is 0 Å². The molecule has 0 aliphatic carbocycles. The summed E-state index contributed by atoms with van der Waals surface area (Å²) in [5, 5.41) is 7.20. The van der Waals surface area contributed by atoms with Crippen LogP contribution >= 0.6 is 0 Å².